The lowest BCUT2D eigenvalue weighted by atomic mass is 10.1. The van der Waals surface area contributed by atoms with E-state index in [4.69, 9.17) is 14.5 Å². The lowest BCUT2D eigenvalue weighted by molar-refractivity contribution is -0.148. The van der Waals surface area contributed by atoms with Crippen LogP contribution in [0.5, 0.6) is 0 Å². The van der Waals surface area contributed by atoms with Crippen molar-refractivity contribution in [3.8, 4) is 0 Å². The van der Waals surface area contributed by atoms with E-state index in [1.54, 1.807) is 0 Å². The van der Waals surface area contributed by atoms with Crippen molar-refractivity contribution in [2.45, 2.75) is 64.9 Å². The van der Waals surface area contributed by atoms with Gasteiger partial charge in [0.05, 0.1) is 6.61 Å². The molecule has 1 unspecified atom stereocenters. The highest BCUT2D eigenvalue weighted by Gasteiger charge is 2.25. The molecule has 1 saturated heterocycles. The van der Waals surface area contributed by atoms with Crippen molar-refractivity contribution >= 4 is 11.9 Å². The Bertz CT molecular complexity index is 422. The second-order valence-electron chi connectivity index (χ2n) is 7.00. The van der Waals surface area contributed by atoms with Gasteiger partial charge in [-0.2, -0.15) is 0 Å². The Balaban J connectivity index is 1.69. The molecule has 1 N–H and O–H groups in total. The summed E-state index contributed by atoms with van der Waals surface area (Å²) in [7, 11) is 0. The fourth-order valence-corrected chi connectivity index (χ4v) is 3.53. The summed E-state index contributed by atoms with van der Waals surface area (Å²) in [4.78, 5) is 18.9. The molecule has 1 aliphatic heterocycles. The van der Waals surface area contributed by atoms with Crippen molar-refractivity contribution < 1.29 is 14.3 Å². The molecule has 0 amide bonds. The summed E-state index contributed by atoms with van der Waals surface area (Å²) in [5, 5.41) is 3.37. The zero-order valence-corrected chi connectivity index (χ0v) is 16.0. The molecule has 0 aromatic carbocycles. The summed E-state index contributed by atoms with van der Waals surface area (Å²) < 4.78 is 11.0. The van der Waals surface area contributed by atoms with Crippen LogP contribution in [0.3, 0.4) is 0 Å². The number of nitrogens with one attached hydrogen (secondary N) is 1. The summed E-state index contributed by atoms with van der Waals surface area (Å²) >= 11 is 0. The Kier molecular flexibility index (Phi) is 9.08. The Hall–Kier alpha value is -1.30. The highest BCUT2D eigenvalue weighted by molar-refractivity contribution is 5.80. The summed E-state index contributed by atoms with van der Waals surface area (Å²) in [5.41, 5.74) is 0. The molecule has 0 bridgehead atoms. The van der Waals surface area contributed by atoms with Crippen LogP contribution in [0.1, 0.15) is 58.8 Å². The van der Waals surface area contributed by atoms with Crippen molar-refractivity contribution in [3.05, 3.63) is 0 Å². The molecule has 1 aliphatic carbocycles. The molecule has 1 saturated carbocycles. The van der Waals surface area contributed by atoms with Crippen LogP contribution in [0.25, 0.3) is 0 Å². The predicted octanol–water partition coefficient (Wildman–Crippen LogP) is 2.58. The maximum absolute atomic E-state index is 11.9. The minimum absolute atomic E-state index is 0.0648. The third-order valence-electron chi connectivity index (χ3n) is 4.88. The number of guanidine groups is 1. The zero-order chi connectivity index (χ0) is 17.9. The van der Waals surface area contributed by atoms with Gasteiger partial charge in [-0.05, 0) is 52.4 Å². The van der Waals surface area contributed by atoms with Gasteiger partial charge in [-0.15, -0.1) is 0 Å². The van der Waals surface area contributed by atoms with E-state index in [-0.39, 0.29) is 12.1 Å². The lowest BCUT2D eigenvalue weighted by Crippen LogP contribution is -2.40. The average molecular weight is 354 g/mol. The standard InChI is InChI=1S/C19H35N3O3/c1-3-20-19(22-13-11-16(14-22)15-24-4-2)21-12-7-10-18(23)25-17-8-5-6-9-17/h16-17H,3-15H2,1-2H3,(H,20,21). The van der Waals surface area contributed by atoms with Crippen molar-refractivity contribution in [1.82, 2.24) is 10.2 Å². The maximum Gasteiger partial charge on any atom is 0.306 e. The van der Waals surface area contributed by atoms with Gasteiger partial charge < -0.3 is 19.7 Å². The lowest BCUT2D eigenvalue weighted by Gasteiger charge is -2.21. The number of hydrogen-bond acceptors (Lipinski definition) is 4. The second kappa shape index (κ2) is 11.3. The van der Waals surface area contributed by atoms with E-state index in [0.717, 1.165) is 64.5 Å². The first-order chi connectivity index (χ1) is 12.2. The van der Waals surface area contributed by atoms with Gasteiger partial charge in [-0.3, -0.25) is 9.79 Å². The highest BCUT2D eigenvalue weighted by Crippen LogP contribution is 2.21. The number of nitrogens with zero attached hydrogens (tertiary/aromatic N) is 2. The van der Waals surface area contributed by atoms with Gasteiger partial charge in [0.25, 0.3) is 0 Å². The Morgan fingerprint density at radius 2 is 2.04 bits per heavy atom. The molecule has 0 aromatic rings. The van der Waals surface area contributed by atoms with E-state index in [1.165, 1.54) is 12.8 Å². The van der Waals surface area contributed by atoms with Gasteiger partial charge in [-0.25, -0.2) is 0 Å². The van der Waals surface area contributed by atoms with Gasteiger partial charge in [-0.1, -0.05) is 0 Å². The van der Waals surface area contributed by atoms with E-state index in [0.29, 0.717) is 18.9 Å². The van der Waals surface area contributed by atoms with E-state index in [1.807, 2.05) is 6.92 Å². The quantitative estimate of drug-likeness (QED) is 0.299. The van der Waals surface area contributed by atoms with Crippen molar-refractivity contribution in [1.29, 1.82) is 0 Å². The number of ether oxygens (including phenoxy) is 2. The SMILES string of the molecule is CCNC(=NCCCC(=O)OC1CCCC1)N1CCC(COCC)C1. The smallest absolute Gasteiger partial charge is 0.306 e. The molecule has 1 heterocycles. The number of esters is 1. The van der Waals surface area contributed by atoms with Gasteiger partial charge in [0.2, 0.25) is 0 Å². The predicted molar refractivity (Wildman–Crippen MR) is 99.7 cm³/mol. The number of hydrogen-bond donors (Lipinski definition) is 1. The average Bonchev–Trinajstić information content (AvgIpc) is 3.27. The molecular formula is C19H35N3O3. The monoisotopic (exact) mass is 353 g/mol. The molecule has 2 aliphatic rings. The summed E-state index contributed by atoms with van der Waals surface area (Å²) in [6, 6.07) is 0. The van der Waals surface area contributed by atoms with Crippen molar-refractivity contribution in [2.24, 2.45) is 10.9 Å². The molecule has 2 fully saturated rings. The Morgan fingerprint density at radius 1 is 1.24 bits per heavy atom. The summed E-state index contributed by atoms with van der Waals surface area (Å²) in [6.45, 7) is 9.27. The van der Waals surface area contributed by atoms with Crippen LogP contribution in [-0.2, 0) is 14.3 Å². The number of likely N-dealkylation sites (tertiary alicyclic amines) is 1. The van der Waals surface area contributed by atoms with Crippen LogP contribution in [-0.4, -0.2) is 62.3 Å². The minimum atomic E-state index is -0.0648. The fourth-order valence-electron chi connectivity index (χ4n) is 3.53. The Labute approximate surface area is 152 Å². The minimum Gasteiger partial charge on any atom is -0.462 e. The first kappa shape index (κ1) is 20.0. The fraction of sp³-hybridized carbons (Fsp3) is 0.895. The molecule has 25 heavy (non-hydrogen) atoms. The Morgan fingerprint density at radius 3 is 2.76 bits per heavy atom. The number of aliphatic imine (C=N–C) groups is 1. The molecule has 0 radical (unpaired) electrons. The number of carbonyl (C=O) groups excluding carboxylic acids is 1. The number of carbonyl (C=O) groups is 1. The maximum atomic E-state index is 11.9. The zero-order valence-electron chi connectivity index (χ0n) is 16.0. The van der Waals surface area contributed by atoms with Crippen LogP contribution in [0.15, 0.2) is 4.99 Å². The third-order valence-corrected chi connectivity index (χ3v) is 4.88. The highest BCUT2D eigenvalue weighted by atomic mass is 16.5. The molecule has 6 nitrogen and oxygen atoms in total. The van der Waals surface area contributed by atoms with Gasteiger partial charge in [0.1, 0.15) is 6.10 Å². The largest absolute Gasteiger partial charge is 0.462 e. The molecule has 6 heteroatoms. The van der Waals surface area contributed by atoms with Gasteiger partial charge in [0, 0.05) is 45.1 Å². The molecular weight excluding hydrogens is 318 g/mol. The van der Waals surface area contributed by atoms with Crippen molar-refractivity contribution in [3.63, 3.8) is 0 Å². The topological polar surface area (TPSA) is 63.2 Å². The van der Waals surface area contributed by atoms with Crippen LogP contribution < -0.4 is 5.32 Å². The molecule has 0 aromatic heterocycles. The molecule has 1 atom stereocenters. The van der Waals surface area contributed by atoms with Crippen molar-refractivity contribution in [2.75, 3.05) is 39.4 Å². The first-order valence-corrected chi connectivity index (χ1v) is 10.0. The molecule has 2 rings (SSSR count). The summed E-state index contributed by atoms with van der Waals surface area (Å²) in [6.07, 6.45) is 6.98. The summed E-state index contributed by atoms with van der Waals surface area (Å²) in [5.74, 6) is 1.49. The van der Waals surface area contributed by atoms with Crippen LogP contribution >= 0.6 is 0 Å². The van der Waals surface area contributed by atoms with Gasteiger partial charge >= 0.3 is 5.97 Å². The van der Waals surface area contributed by atoms with Crippen LogP contribution in [0.4, 0.5) is 0 Å². The third kappa shape index (κ3) is 7.22. The van der Waals surface area contributed by atoms with E-state index >= 15 is 0 Å². The molecule has 0 spiro atoms. The van der Waals surface area contributed by atoms with E-state index < -0.39 is 0 Å². The molecule has 144 valence electrons. The van der Waals surface area contributed by atoms with Crippen LogP contribution in [0, 0.1) is 5.92 Å². The normalized spacial score (nSPS) is 21.8. The number of rotatable bonds is 9. The van der Waals surface area contributed by atoms with Gasteiger partial charge in [0.15, 0.2) is 5.96 Å². The second-order valence-corrected chi connectivity index (χ2v) is 7.00. The van der Waals surface area contributed by atoms with E-state index in [2.05, 4.69) is 17.1 Å². The van der Waals surface area contributed by atoms with E-state index in [9.17, 15) is 4.79 Å². The first-order valence-electron chi connectivity index (χ1n) is 10.0. The van der Waals surface area contributed by atoms with Crippen LogP contribution in [0.2, 0.25) is 0 Å².